The van der Waals surface area contributed by atoms with E-state index in [1.165, 1.54) is 12.0 Å². The van der Waals surface area contributed by atoms with E-state index in [0.29, 0.717) is 22.4 Å². The number of methoxy groups -OCH3 is 1. The number of hydrogen-bond acceptors (Lipinski definition) is 5. The SMILES string of the molecule is COC(=O)c1ccc(N2C(=O)[C@@H]3[C@H](C2=O)[C@@]2(c4ccccc4)C(=O)[C@@]3(c3ccccc3)C(c3ccccc3)=C2c2ccccc2)cc1. The average molecular weight is 616 g/mol. The number of anilines is 1. The second-order valence-electron chi connectivity index (χ2n) is 12.2. The van der Waals surface area contributed by atoms with Gasteiger partial charge in [-0.15, -0.1) is 0 Å². The lowest BCUT2D eigenvalue weighted by molar-refractivity contribution is -0.130. The van der Waals surface area contributed by atoms with Gasteiger partial charge in [0.15, 0.2) is 5.78 Å². The summed E-state index contributed by atoms with van der Waals surface area (Å²) in [7, 11) is 1.30. The molecule has 2 bridgehead atoms. The number of amides is 2. The van der Waals surface area contributed by atoms with Gasteiger partial charge in [-0.25, -0.2) is 9.69 Å². The molecule has 0 spiro atoms. The molecule has 0 unspecified atom stereocenters. The fraction of sp³-hybridized carbons (Fsp3) is 0.122. The van der Waals surface area contributed by atoms with Crippen LogP contribution in [0.15, 0.2) is 146 Å². The summed E-state index contributed by atoms with van der Waals surface area (Å²) in [6, 6.07) is 44.7. The zero-order chi connectivity index (χ0) is 32.3. The van der Waals surface area contributed by atoms with Gasteiger partial charge in [-0.05, 0) is 57.7 Å². The van der Waals surface area contributed by atoms with E-state index in [0.717, 1.165) is 22.3 Å². The Bertz CT molecular complexity index is 1970. The summed E-state index contributed by atoms with van der Waals surface area (Å²) in [5.74, 6) is -3.62. The zero-order valence-corrected chi connectivity index (χ0v) is 25.5. The Morgan fingerprint density at radius 3 is 1.32 bits per heavy atom. The highest BCUT2D eigenvalue weighted by Crippen LogP contribution is 2.74. The summed E-state index contributed by atoms with van der Waals surface area (Å²) in [6.07, 6.45) is 0. The highest BCUT2D eigenvalue weighted by atomic mass is 16.5. The van der Waals surface area contributed by atoms with Crippen molar-refractivity contribution >= 4 is 40.4 Å². The van der Waals surface area contributed by atoms with Crippen molar-refractivity contribution in [2.24, 2.45) is 11.8 Å². The van der Waals surface area contributed by atoms with Crippen LogP contribution in [0, 0.1) is 11.8 Å². The fourth-order valence-electron chi connectivity index (χ4n) is 8.45. The summed E-state index contributed by atoms with van der Waals surface area (Å²) in [5.41, 5.74) is 2.17. The summed E-state index contributed by atoms with van der Waals surface area (Å²) in [6.45, 7) is 0. The van der Waals surface area contributed by atoms with Crippen LogP contribution in [0.4, 0.5) is 5.69 Å². The first-order valence-electron chi connectivity index (χ1n) is 15.6. The zero-order valence-electron chi connectivity index (χ0n) is 25.5. The third-order valence-electron chi connectivity index (χ3n) is 10.1. The Kier molecular flexibility index (Phi) is 6.44. The average Bonchev–Trinajstić information content (AvgIpc) is 3.65. The molecule has 6 heteroatoms. The molecular weight excluding hydrogens is 586 g/mol. The molecule has 8 rings (SSSR count). The molecule has 2 fully saturated rings. The predicted octanol–water partition coefficient (Wildman–Crippen LogP) is 6.66. The largest absolute Gasteiger partial charge is 0.465 e. The molecule has 1 aliphatic heterocycles. The van der Waals surface area contributed by atoms with E-state index >= 15 is 14.4 Å². The third-order valence-corrected chi connectivity index (χ3v) is 10.1. The number of fused-ring (bicyclic) bond motifs is 5. The van der Waals surface area contributed by atoms with Crippen LogP contribution in [0.25, 0.3) is 11.1 Å². The highest BCUT2D eigenvalue weighted by Gasteiger charge is 2.82. The third kappa shape index (κ3) is 3.67. The summed E-state index contributed by atoms with van der Waals surface area (Å²) in [5, 5.41) is 0. The van der Waals surface area contributed by atoms with E-state index in [2.05, 4.69) is 0 Å². The van der Waals surface area contributed by atoms with Crippen LogP contribution in [0.1, 0.15) is 32.6 Å². The summed E-state index contributed by atoms with van der Waals surface area (Å²) < 4.78 is 4.86. The van der Waals surface area contributed by atoms with Gasteiger partial charge in [0.25, 0.3) is 0 Å². The van der Waals surface area contributed by atoms with Gasteiger partial charge >= 0.3 is 5.97 Å². The summed E-state index contributed by atoms with van der Waals surface area (Å²) in [4.78, 5) is 59.3. The monoisotopic (exact) mass is 615 g/mol. The molecule has 47 heavy (non-hydrogen) atoms. The van der Waals surface area contributed by atoms with Gasteiger partial charge in [-0.3, -0.25) is 14.4 Å². The predicted molar refractivity (Wildman–Crippen MR) is 178 cm³/mol. The number of esters is 1. The molecule has 4 atom stereocenters. The number of imide groups is 1. The Balaban J connectivity index is 1.49. The lowest BCUT2D eigenvalue weighted by Gasteiger charge is -2.39. The van der Waals surface area contributed by atoms with Gasteiger partial charge in [-0.2, -0.15) is 0 Å². The van der Waals surface area contributed by atoms with Crippen LogP contribution >= 0.6 is 0 Å². The van der Waals surface area contributed by atoms with Crippen molar-refractivity contribution < 1.29 is 23.9 Å². The lowest BCUT2D eigenvalue weighted by atomic mass is 9.59. The Labute approximate surface area is 271 Å². The first kappa shape index (κ1) is 28.6. The van der Waals surface area contributed by atoms with Crippen LogP contribution in [0.5, 0.6) is 0 Å². The molecule has 5 aromatic carbocycles. The molecule has 2 amide bonds. The Morgan fingerprint density at radius 1 is 0.553 bits per heavy atom. The van der Waals surface area contributed by atoms with Crippen molar-refractivity contribution in [2.45, 2.75) is 10.8 Å². The summed E-state index contributed by atoms with van der Waals surface area (Å²) >= 11 is 0. The van der Waals surface area contributed by atoms with Crippen LogP contribution in [-0.4, -0.2) is 30.7 Å². The maximum atomic E-state index is 15.9. The van der Waals surface area contributed by atoms with Gasteiger partial charge in [0, 0.05) is 0 Å². The number of Topliss-reactive ketones (excluding diaryl/α,β-unsaturated/α-hetero) is 1. The fourth-order valence-corrected chi connectivity index (χ4v) is 8.45. The van der Waals surface area contributed by atoms with Crippen molar-refractivity contribution in [2.75, 3.05) is 12.0 Å². The lowest BCUT2D eigenvalue weighted by Crippen LogP contribution is -2.45. The minimum atomic E-state index is -1.47. The first-order chi connectivity index (χ1) is 23.0. The number of allylic oxidation sites excluding steroid dienone is 2. The topological polar surface area (TPSA) is 80.8 Å². The number of benzene rings is 5. The van der Waals surface area contributed by atoms with Gasteiger partial charge < -0.3 is 4.74 Å². The smallest absolute Gasteiger partial charge is 0.337 e. The number of ether oxygens (including phenoxy) is 1. The van der Waals surface area contributed by atoms with Gasteiger partial charge in [0.05, 0.1) is 41.0 Å². The molecule has 5 aromatic rings. The molecule has 1 saturated carbocycles. The van der Waals surface area contributed by atoms with Gasteiger partial charge in [0.1, 0.15) is 0 Å². The van der Waals surface area contributed by atoms with Crippen LogP contribution in [0.2, 0.25) is 0 Å². The second-order valence-corrected chi connectivity index (χ2v) is 12.2. The Hall–Kier alpha value is -5.88. The minimum absolute atomic E-state index is 0.169. The van der Waals surface area contributed by atoms with E-state index in [-0.39, 0.29) is 5.78 Å². The molecule has 6 nitrogen and oxygen atoms in total. The molecule has 1 heterocycles. The minimum Gasteiger partial charge on any atom is -0.465 e. The number of carbonyl (C=O) groups is 4. The molecule has 0 aromatic heterocycles. The van der Waals surface area contributed by atoms with Crippen molar-refractivity contribution in [3.63, 3.8) is 0 Å². The molecule has 228 valence electrons. The van der Waals surface area contributed by atoms with Crippen molar-refractivity contribution in [3.05, 3.63) is 173 Å². The number of ketones is 1. The number of rotatable bonds is 6. The van der Waals surface area contributed by atoms with Crippen molar-refractivity contribution in [1.29, 1.82) is 0 Å². The molecule has 1 saturated heterocycles. The molecule has 3 aliphatic rings. The Morgan fingerprint density at radius 2 is 0.936 bits per heavy atom. The van der Waals surface area contributed by atoms with Gasteiger partial charge in [0.2, 0.25) is 11.8 Å². The van der Waals surface area contributed by atoms with E-state index in [1.807, 2.05) is 121 Å². The maximum Gasteiger partial charge on any atom is 0.337 e. The molecule has 0 N–H and O–H groups in total. The number of carbonyl (C=O) groups excluding carboxylic acids is 4. The van der Waals surface area contributed by atoms with E-state index in [1.54, 1.807) is 24.3 Å². The number of nitrogens with zero attached hydrogens (tertiary/aromatic N) is 1. The quantitative estimate of drug-likeness (QED) is 0.158. The van der Waals surface area contributed by atoms with Crippen LogP contribution in [-0.2, 0) is 30.0 Å². The normalized spacial score (nSPS) is 24.5. The van der Waals surface area contributed by atoms with Crippen molar-refractivity contribution in [3.8, 4) is 0 Å². The van der Waals surface area contributed by atoms with Crippen molar-refractivity contribution in [1.82, 2.24) is 0 Å². The van der Waals surface area contributed by atoms with E-state index in [9.17, 15) is 4.79 Å². The number of hydrogen-bond donors (Lipinski definition) is 0. The van der Waals surface area contributed by atoms with E-state index < -0.39 is 40.4 Å². The first-order valence-corrected chi connectivity index (χ1v) is 15.6. The second kappa shape index (κ2) is 10.6. The standard InChI is InChI=1S/C41H29NO5/c1-47-38(45)28-22-24-31(25-23-28)42-36(43)34-35(37(42)44)41(30-20-12-5-13-21-30)33(27-16-8-3-9-17-27)32(26-14-6-2-7-15-26)40(34,39(41)46)29-18-10-4-11-19-29/h2-25,34-35H,1H3/t34-,35+,40-,41-/m0/s1. The van der Waals surface area contributed by atoms with Gasteiger partial charge in [-0.1, -0.05) is 121 Å². The molecular formula is C41H29NO5. The highest BCUT2D eigenvalue weighted by molar-refractivity contribution is 6.39. The van der Waals surface area contributed by atoms with E-state index in [4.69, 9.17) is 4.74 Å². The van der Waals surface area contributed by atoms with Crippen LogP contribution in [0.3, 0.4) is 0 Å². The molecule has 2 aliphatic carbocycles. The molecule has 0 radical (unpaired) electrons. The maximum absolute atomic E-state index is 15.9. The van der Waals surface area contributed by atoms with Crippen LogP contribution < -0.4 is 4.90 Å².